The Morgan fingerprint density at radius 3 is 2.50 bits per heavy atom. The first-order valence-corrected chi connectivity index (χ1v) is 6.87. The van der Waals surface area contributed by atoms with Gasteiger partial charge in [0.25, 0.3) is 0 Å². The second-order valence-corrected chi connectivity index (χ2v) is 5.03. The van der Waals surface area contributed by atoms with E-state index in [1.54, 1.807) is 36.4 Å². The smallest absolute Gasteiger partial charge is 0.173 e. The molecule has 3 rings (SSSR count). The molecule has 5 heteroatoms. The second kappa shape index (κ2) is 5.60. The van der Waals surface area contributed by atoms with Crippen LogP contribution in [-0.2, 0) is 0 Å². The Bertz CT molecular complexity index is 706. The zero-order valence-corrected chi connectivity index (χ0v) is 12.3. The van der Waals surface area contributed by atoms with Crippen LogP contribution in [0.3, 0.4) is 0 Å². The fourth-order valence-corrected chi connectivity index (χ4v) is 2.51. The Morgan fingerprint density at radius 1 is 1.14 bits per heavy atom. The molecule has 0 fully saturated rings. The van der Waals surface area contributed by atoms with Crippen molar-refractivity contribution in [1.29, 1.82) is 0 Å². The van der Waals surface area contributed by atoms with Gasteiger partial charge in [0.2, 0.25) is 0 Å². The number of phenolic OH excluding ortho intramolecular Hbond substituents is 1. The van der Waals surface area contributed by atoms with E-state index in [1.165, 1.54) is 14.2 Å². The highest BCUT2D eigenvalue weighted by Gasteiger charge is 2.31. The maximum Gasteiger partial charge on any atom is 0.173 e. The lowest BCUT2D eigenvalue weighted by molar-refractivity contribution is 0.0841. The van der Waals surface area contributed by atoms with Gasteiger partial charge < -0.3 is 19.3 Å². The molecule has 0 aliphatic carbocycles. The number of hydrogen-bond donors (Lipinski definition) is 1. The van der Waals surface area contributed by atoms with E-state index in [-0.39, 0.29) is 18.0 Å². The average molecular weight is 300 g/mol. The minimum atomic E-state index is -0.400. The number of fused-ring (bicyclic) bond motifs is 1. The number of carbonyl (C=O) groups excluding carboxylic acids is 1. The predicted octanol–water partition coefficient (Wildman–Crippen LogP) is 3.12. The summed E-state index contributed by atoms with van der Waals surface area (Å²) in [6.07, 6.45) is -0.170. The highest BCUT2D eigenvalue weighted by molar-refractivity contribution is 6.01. The van der Waals surface area contributed by atoms with Crippen LogP contribution >= 0.6 is 0 Å². The SMILES string of the molecule is COc1cc(OC)c2c(c1)C(=O)C[C@H](c1ccc(O)cc1)O2. The van der Waals surface area contributed by atoms with E-state index in [4.69, 9.17) is 14.2 Å². The molecule has 0 bridgehead atoms. The van der Waals surface area contributed by atoms with Gasteiger partial charge in [-0.15, -0.1) is 0 Å². The maximum atomic E-state index is 12.4. The van der Waals surface area contributed by atoms with E-state index in [9.17, 15) is 9.90 Å². The minimum Gasteiger partial charge on any atom is -0.508 e. The molecule has 5 nitrogen and oxygen atoms in total. The third-order valence-electron chi connectivity index (χ3n) is 3.68. The number of ether oxygens (including phenoxy) is 3. The van der Waals surface area contributed by atoms with E-state index < -0.39 is 6.10 Å². The Labute approximate surface area is 128 Å². The average Bonchev–Trinajstić information content (AvgIpc) is 2.54. The predicted molar refractivity (Wildman–Crippen MR) is 80.0 cm³/mol. The van der Waals surface area contributed by atoms with Gasteiger partial charge >= 0.3 is 0 Å². The van der Waals surface area contributed by atoms with Crippen molar-refractivity contribution in [2.45, 2.75) is 12.5 Å². The molecule has 0 saturated heterocycles. The Morgan fingerprint density at radius 2 is 1.86 bits per heavy atom. The van der Waals surface area contributed by atoms with Gasteiger partial charge in [-0.3, -0.25) is 4.79 Å². The monoisotopic (exact) mass is 300 g/mol. The summed E-state index contributed by atoms with van der Waals surface area (Å²) >= 11 is 0. The molecular formula is C17H16O5. The zero-order valence-electron chi connectivity index (χ0n) is 12.3. The quantitative estimate of drug-likeness (QED) is 0.943. The van der Waals surface area contributed by atoms with Crippen LogP contribution in [0.15, 0.2) is 36.4 Å². The number of Topliss-reactive ketones (excluding diaryl/α,β-unsaturated/α-hetero) is 1. The van der Waals surface area contributed by atoms with Crippen LogP contribution in [0, 0.1) is 0 Å². The van der Waals surface area contributed by atoms with E-state index in [1.807, 2.05) is 0 Å². The van der Waals surface area contributed by atoms with Gasteiger partial charge in [-0.1, -0.05) is 12.1 Å². The van der Waals surface area contributed by atoms with Crippen LogP contribution in [0.25, 0.3) is 0 Å². The first-order valence-electron chi connectivity index (χ1n) is 6.87. The maximum absolute atomic E-state index is 12.4. The molecule has 1 aliphatic heterocycles. The molecule has 1 atom stereocenters. The largest absolute Gasteiger partial charge is 0.508 e. The van der Waals surface area contributed by atoms with Gasteiger partial charge in [0.1, 0.15) is 17.6 Å². The summed E-state index contributed by atoms with van der Waals surface area (Å²) in [4.78, 5) is 12.4. The van der Waals surface area contributed by atoms with Crippen molar-refractivity contribution in [2.24, 2.45) is 0 Å². The molecule has 2 aromatic carbocycles. The third-order valence-corrected chi connectivity index (χ3v) is 3.68. The first-order chi connectivity index (χ1) is 10.6. The summed E-state index contributed by atoms with van der Waals surface area (Å²) in [5.41, 5.74) is 1.29. The van der Waals surface area contributed by atoms with Crippen molar-refractivity contribution in [1.82, 2.24) is 0 Å². The molecule has 0 aromatic heterocycles. The van der Waals surface area contributed by atoms with Crippen LogP contribution in [0.1, 0.15) is 28.4 Å². The van der Waals surface area contributed by atoms with Crippen molar-refractivity contribution in [3.8, 4) is 23.0 Å². The topological polar surface area (TPSA) is 65.0 Å². The normalized spacial score (nSPS) is 16.6. The molecule has 1 heterocycles. The lowest BCUT2D eigenvalue weighted by Gasteiger charge is -2.27. The molecule has 2 aromatic rings. The number of phenols is 1. The van der Waals surface area contributed by atoms with Crippen molar-refractivity contribution in [3.05, 3.63) is 47.5 Å². The van der Waals surface area contributed by atoms with E-state index in [0.717, 1.165) is 5.56 Å². The molecule has 1 N–H and O–H groups in total. The number of carbonyl (C=O) groups is 1. The fourth-order valence-electron chi connectivity index (χ4n) is 2.51. The molecular weight excluding hydrogens is 284 g/mol. The van der Waals surface area contributed by atoms with Crippen LogP contribution in [0.4, 0.5) is 0 Å². The fraction of sp³-hybridized carbons (Fsp3) is 0.235. The van der Waals surface area contributed by atoms with Gasteiger partial charge in [-0.2, -0.15) is 0 Å². The lowest BCUT2D eigenvalue weighted by atomic mass is 9.95. The second-order valence-electron chi connectivity index (χ2n) is 5.03. The highest BCUT2D eigenvalue weighted by atomic mass is 16.5. The molecule has 0 spiro atoms. The number of benzene rings is 2. The van der Waals surface area contributed by atoms with Crippen molar-refractivity contribution >= 4 is 5.78 Å². The molecule has 0 unspecified atom stereocenters. The molecule has 114 valence electrons. The number of hydrogen-bond acceptors (Lipinski definition) is 5. The van der Waals surface area contributed by atoms with Gasteiger partial charge in [0.15, 0.2) is 17.3 Å². The van der Waals surface area contributed by atoms with Crippen LogP contribution < -0.4 is 14.2 Å². The van der Waals surface area contributed by atoms with E-state index in [2.05, 4.69) is 0 Å². The van der Waals surface area contributed by atoms with Gasteiger partial charge in [-0.05, 0) is 23.8 Å². The Kier molecular flexibility index (Phi) is 3.63. The van der Waals surface area contributed by atoms with E-state index in [0.29, 0.717) is 22.8 Å². The number of rotatable bonds is 3. The zero-order chi connectivity index (χ0) is 15.7. The summed E-state index contributed by atoms with van der Waals surface area (Å²) in [5, 5.41) is 9.36. The van der Waals surface area contributed by atoms with Crippen LogP contribution in [-0.4, -0.2) is 25.1 Å². The summed E-state index contributed by atoms with van der Waals surface area (Å²) in [6.45, 7) is 0. The number of aromatic hydroxyl groups is 1. The summed E-state index contributed by atoms with van der Waals surface area (Å²) in [5.74, 6) is 1.59. The number of ketones is 1. The lowest BCUT2D eigenvalue weighted by Crippen LogP contribution is -2.21. The molecule has 22 heavy (non-hydrogen) atoms. The first kappa shape index (κ1) is 14.3. The molecule has 1 aliphatic rings. The standard InChI is InChI=1S/C17H16O5/c1-20-12-7-13-14(19)9-15(10-3-5-11(18)6-4-10)22-17(13)16(8-12)21-2/h3-8,15,18H,9H2,1-2H3/t15-/m1/s1. The van der Waals surface area contributed by atoms with Gasteiger partial charge in [0, 0.05) is 6.07 Å². The minimum absolute atomic E-state index is 0.0310. The van der Waals surface area contributed by atoms with Gasteiger partial charge in [0.05, 0.1) is 26.2 Å². The number of methoxy groups -OCH3 is 2. The highest BCUT2D eigenvalue weighted by Crippen LogP contribution is 2.43. The summed E-state index contributed by atoms with van der Waals surface area (Å²) in [6, 6.07) is 9.98. The Balaban J connectivity index is 2.01. The van der Waals surface area contributed by atoms with Crippen molar-refractivity contribution in [3.63, 3.8) is 0 Å². The van der Waals surface area contributed by atoms with Crippen LogP contribution in [0.5, 0.6) is 23.0 Å². The van der Waals surface area contributed by atoms with Crippen LogP contribution in [0.2, 0.25) is 0 Å². The Hall–Kier alpha value is -2.69. The van der Waals surface area contributed by atoms with E-state index >= 15 is 0 Å². The molecule has 0 radical (unpaired) electrons. The molecule has 0 saturated carbocycles. The summed E-state index contributed by atoms with van der Waals surface area (Å²) < 4.78 is 16.5. The van der Waals surface area contributed by atoms with Gasteiger partial charge in [-0.25, -0.2) is 0 Å². The molecule has 0 amide bonds. The summed E-state index contributed by atoms with van der Waals surface area (Å²) in [7, 11) is 3.06. The van der Waals surface area contributed by atoms with Crippen molar-refractivity contribution < 1.29 is 24.1 Å². The third kappa shape index (κ3) is 2.45. The van der Waals surface area contributed by atoms with Crippen molar-refractivity contribution in [2.75, 3.05) is 14.2 Å².